The molecule has 0 unspecified atom stereocenters. The van der Waals surface area contributed by atoms with Gasteiger partial charge < -0.3 is 9.39 Å². The average molecular weight is 259 g/mol. The van der Waals surface area contributed by atoms with E-state index in [0.29, 0.717) is 6.42 Å². The highest BCUT2D eigenvalue weighted by atomic mass is 19.3. The van der Waals surface area contributed by atoms with E-state index < -0.39 is 17.1 Å². The summed E-state index contributed by atoms with van der Waals surface area (Å²) in [6.45, 7) is 7.71. The highest BCUT2D eigenvalue weighted by molar-refractivity contribution is 6.38. The van der Waals surface area contributed by atoms with Crippen LogP contribution in [0.5, 0.6) is 0 Å². The third-order valence-corrected chi connectivity index (χ3v) is 3.91. The standard InChI is InChI=1S/C13H22BF2O2/c1-11(2,17-5)12(3,4)18-14-10-6-8-13(15,16)9-7-10/h6H,7-9H2,1-5H3. The van der Waals surface area contributed by atoms with Crippen molar-refractivity contribution in [3.8, 4) is 0 Å². The summed E-state index contributed by atoms with van der Waals surface area (Å²) in [4.78, 5) is 0. The molecule has 1 radical (unpaired) electrons. The molecule has 0 saturated carbocycles. The largest absolute Gasteiger partial charge is 0.427 e. The molecular formula is C13H22BF2O2. The molecule has 0 N–H and O–H groups in total. The molecule has 0 spiro atoms. The molecule has 0 saturated heterocycles. The summed E-state index contributed by atoms with van der Waals surface area (Å²) < 4.78 is 37.1. The van der Waals surface area contributed by atoms with Crippen LogP contribution >= 0.6 is 0 Å². The Morgan fingerprint density at radius 3 is 2.28 bits per heavy atom. The molecule has 0 aromatic rings. The van der Waals surface area contributed by atoms with Crippen LogP contribution in [0.1, 0.15) is 47.0 Å². The van der Waals surface area contributed by atoms with E-state index in [1.807, 2.05) is 27.7 Å². The monoisotopic (exact) mass is 259 g/mol. The van der Waals surface area contributed by atoms with Gasteiger partial charge in [-0.25, -0.2) is 8.78 Å². The third kappa shape index (κ3) is 3.79. The second-order valence-electron chi connectivity index (χ2n) is 5.80. The summed E-state index contributed by atoms with van der Waals surface area (Å²) in [7, 11) is 3.22. The average Bonchev–Trinajstić information content (AvgIpc) is 2.27. The van der Waals surface area contributed by atoms with Gasteiger partial charge in [-0.3, -0.25) is 0 Å². The van der Waals surface area contributed by atoms with Crippen molar-refractivity contribution >= 4 is 7.48 Å². The van der Waals surface area contributed by atoms with Gasteiger partial charge in [-0.05, 0) is 34.1 Å². The highest BCUT2D eigenvalue weighted by Crippen LogP contribution is 2.33. The lowest BCUT2D eigenvalue weighted by Gasteiger charge is -2.41. The van der Waals surface area contributed by atoms with Crippen molar-refractivity contribution in [1.82, 2.24) is 0 Å². The molecule has 0 heterocycles. The predicted octanol–water partition coefficient (Wildman–Crippen LogP) is 3.53. The summed E-state index contributed by atoms with van der Waals surface area (Å²) in [5, 5.41) is 0. The lowest BCUT2D eigenvalue weighted by atomic mass is 9.76. The van der Waals surface area contributed by atoms with Gasteiger partial charge in [0.05, 0.1) is 11.2 Å². The van der Waals surface area contributed by atoms with E-state index in [1.165, 1.54) is 0 Å². The van der Waals surface area contributed by atoms with Gasteiger partial charge in [0.2, 0.25) is 0 Å². The van der Waals surface area contributed by atoms with E-state index in [4.69, 9.17) is 9.39 Å². The van der Waals surface area contributed by atoms with E-state index in [1.54, 1.807) is 20.7 Å². The lowest BCUT2D eigenvalue weighted by Crippen LogP contribution is -2.49. The second kappa shape index (κ2) is 5.29. The topological polar surface area (TPSA) is 18.5 Å². The van der Waals surface area contributed by atoms with Gasteiger partial charge >= 0.3 is 7.48 Å². The number of methoxy groups -OCH3 is 1. The van der Waals surface area contributed by atoms with Gasteiger partial charge in [0, 0.05) is 20.0 Å². The molecule has 0 atom stereocenters. The first-order chi connectivity index (χ1) is 8.10. The third-order valence-electron chi connectivity index (χ3n) is 3.91. The van der Waals surface area contributed by atoms with Crippen LogP contribution < -0.4 is 0 Å². The molecule has 18 heavy (non-hydrogen) atoms. The van der Waals surface area contributed by atoms with Crippen molar-refractivity contribution in [1.29, 1.82) is 0 Å². The molecule has 1 aliphatic carbocycles. The van der Waals surface area contributed by atoms with Crippen molar-refractivity contribution in [3.63, 3.8) is 0 Å². The Balaban J connectivity index is 2.54. The number of ether oxygens (including phenoxy) is 1. The maximum Gasteiger partial charge on any atom is 0.326 e. The van der Waals surface area contributed by atoms with E-state index in [9.17, 15) is 8.78 Å². The van der Waals surface area contributed by atoms with Crippen LogP contribution in [0, 0.1) is 0 Å². The van der Waals surface area contributed by atoms with Gasteiger partial charge in [0.15, 0.2) is 0 Å². The van der Waals surface area contributed by atoms with Gasteiger partial charge in [0.1, 0.15) is 0 Å². The van der Waals surface area contributed by atoms with E-state index >= 15 is 0 Å². The van der Waals surface area contributed by atoms with Gasteiger partial charge in [0.25, 0.3) is 5.92 Å². The normalized spacial score (nSPS) is 20.5. The van der Waals surface area contributed by atoms with Gasteiger partial charge in [-0.15, -0.1) is 0 Å². The SMILES string of the molecule is COC(C)(C)C(C)(C)O[B]C1=CCC(F)(F)CC1. The van der Waals surface area contributed by atoms with Crippen molar-refractivity contribution in [2.75, 3.05) is 7.11 Å². The number of hydrogen-bond donors (Lipinski definition) is 0. The molecule has 1 rings (SSSR count). The fourth-order valence-corrected chi connectivity index (χ4v) is 1.53. The summed E-state index contributed by atoms with van der Waals surface area (Å²) >= 11 is 0. The molecule has 5 heteroatoms. The Morgan fingerprint density at radius 1 is 1.22 bits per heavy atom. The number of allylic oxidation sites excluding steroid dienone is 2. The summed E-state index contributed by atoms with van der Waals surface area (Å²) in [5.74, 6) is -2.56. The molecule has 2 nitrogen and oxygen atoms in total. The van der Waals surface area contributed by atoms with Crippen LogP contribution in [0.3, 0.4) is 0 Å². The number of halogens is 2. The molecule has 0 aliphatic heterocycles. The fourth-order valence-electron chi connectivity index (χ4n) is 1.53. The van der Waals surface area contributed by atoms with Gasteiger partial charge in [-0.2, -0.15) is 0 Å². The Kier molecular flexibility index (Phi) is 4.60. The van der Waals surface area contributed by atoms with Crippen LogP contribution in [0.4, 0.5) is 8.78 Å². The Labute approximate surface area is 109 Å². The zero-order chi connectivity index (χ0) is 14.0. The van der Waals surface area contributed by atoms with Crippen LogP contribution in [0.15, 0.2) is 11.5 Å². The highest BCUT2D eigenvalue weighted by Gasteiger charge is 2.38. The maximum absolute atomic E-state index is 13.0. The summed E-state index contributed by atoms with van der Waals surface area (Å²) in [6, 6.07) is 0. The zero-order valence-electron chi connectivity index (χ0n) is 11.8. The Hall–Kier alpha value is -0.415. The first-order valence-electron chi connectivity index (χ1n) is 6.23. The number of hydrogen-bond acceptors (Lipinski definition) is 2. The maximum atomic E-state index is 13.0. The fraction of sp³-hybridized carbons (Fsp3) is 0.846. The van der Waals surface area contributed by atoms with Crippen LogP contribution in [0.25, 0.3) is 0 Å². The van der Waals surface area contributed by atoms with Crippen LogP contribution in [-0.2, 0) is 9.39 Å². The Bertz CT molecular complexity index is 325. The number of rotatable bonds is 5. The molecule has 103 valence electrons. The van der Waals surface area contributed by atoms with Crippen molar-refractivity contribution in [2.24, 2.45) is 0 Å². The molecular weight excluding hydrogens is 237 g/mol. The molecule has 0 amide bonds. The summed E-state index contributed by atoms with van der Waals surface area (Å²) in [6.07, 6.45) is 1.61. The smallest absolute Gasteiger partial charge is 0.326 e. The second-order valence-corrected chi connectivity index (χ2v) is 5.80. The van der Waals surface area contributed by atoms with Crippen LogP contribution in [-0.4, -0.2) is 31.7 Å². The van der Waals surface area contributed by atoms with Crippen molar-refractivity contribution < 1.29 is 18.2 Å². The minimum Gasteiger partial charge on any atom is -0.427 e. The minimum absolute atomic E-state index is 0.104. The Morgan fingerprint density at radius 2 is 1.83 bits per heavy atom. The lowest BCUT2D eigenvalue weighted by molar-refractivity contribution is -0.114. The molecule has 0 aromatic carbocycles. The van der Waals surface area contributed by atoms with E-state index in [2.05, 4.69) is 0 Å². The zero-order valence-corrected chi connectivity index (χ0v) is 11.8. The molecule has 0 bridgehead atoms. The van der Waals surface area contributed by atoms with Crippen molar-refractivity contribution in [2.45, 2.75) is 64.1 Å². The first kappa shape index (κ1) is 15.6. The molecule has 1 aliphatic rings. The predicted molar refractivity (Wildman–Crippen MR) is 68.9 cm³/mol. The van der Waals surface area contributed by atoms with Crippen LogP contribution in [0.2, 0.25) is 0 Å². The quantitative estimate of drug-likeness (QED) is 0.703. The minimum atomic E-state index is -2.56. The molecule has 0 aromatic heterocycles. The molecule has 0 fully saturated rings. The first-order valence-corrected chi connectivity index (χ1v) is 6.23. The van der Waals surface area contributed by atoms with E-state index in [0.717, 1.165) is 5.47 Å². The van der Waals surface area contributed by atoms with Gasteiger partial charge in [-0.1, -0.05) is 11.5 Å². The number of alkyl halides is 2. The van der Waals surface area contributed by atoms with E-state index in [-0.39, 0.29) is 12.8 Å². The summed E-state index contributed by atoms with van der Waals surface area (Å²) in [5.41, 5.74) is -0.147. The van der Waals surface area contributed by atoms with Crippen molar-refractivity contribution in [3.05, 3.63) is 11.5 Å².